The van der Waals surface area contributed by atoms with Crippen LogP contribution in [0.15, 0.2) is 30.5 Å². The van der Waals surface area contributed by atoms with E-state index in [1.165, 1.54) is 0 Å². The lowest BCUT2D eigenvalue weighted by Crippen LogP contribution is -2.58. The SMILES string of the molecule is O=C(Cc1ccn[nH]1)N1CCN(C(=O)c2ccc3c(c2)CCOC3)C(CO)C1. The van der Waals surface area contributed by atoms with E-state index < -0.39 is 6.04 Å². The summed E-state index contributed by atoms with van der Waals surface area (Å²) in [6.07, 6.45) is 2.65. The average molecular weight is 384 g/mol. The molecule has 1 aromatic carbocycles. The van der Waals surface area contributed by atoms with Crippen LogP contribution in [0.25, 0.3) is 0 Å². The number of aliphatic hydroxyl groups excluding tert-OH is 1. The Labute approximate surface area is 163 Å². The zero-order valence-electron chi connectivity index (χ0n) is 15.6. The average Bonchev–Trinajstić information content (AvgIpc) is 3.25. The number of piperazine rings is 1. The van der Waals surface area contributed by atoms with Gasteiger partial charge in [0.15, 0.2) is 0 Å². The molecule has 0 aliphatic carbocycles. The van der Waals surface area contributed by atoms with Gasteiger partial charge in [0.1, 0.15) is 0 Å². The minimum absolute atomic E-state index is 0.0384. The molecule has 3 heterocycles. The molecule has 1 aromatic heterocycles. The zero-order chi connectivity index (χ0) is 19.5. The van der Waals surface area contributed by atoms with Crippen LogP contribution in [-0.4, -0.2) is 75.8 Å². The minimum atomic E-state index is -0.411. The van der Waals surface area contributed by atoms with Crippen molar-refractivity contribution in [1.29, 1.82) is 0 Å². The number of H-pyrrole nitrogens is 1. The van der Waals surface area contributed by atoms with Gasteiger partial charge in [-0.2, -0.15) is 5.10 Å². The molecule has 8 nitrogen and oxygen atoms in total. The second-order valence-electron chi connectivity index (χ2n) is 7.22. The third-order valence-electron chi connectivity index (χ3n) is 5.43. The highest BCUT2D eigenvalue weighted by atomic mass is 16.5. The van der Waals surface area contributed by atoms with Crippen molar-refractivity contribution in [2.75, 3.05) is 32.8 Å². The third kappa shape index (κ3) is 3.79. The summed E-state index contributed by atoms with van der Waals surface area (Å²) < 4.78 is 5.45. The molecule has 8 heteroatoms. The first-order chi connectivity index (χ1) is 13.7. The largest absolute Gasteiger partial charge is 0.394 e. The van der Waals surface area contributed by atoms with E-state index in [0.717, 1.165) is 23.2 Å². The molecule has 0 spiro atoms. The van der Waals surface area contributed by atoms with E-state index in [0.29, 0.717) is 38.4 Å². The molecule has 2 N–H and O–H groups in total. The third-order valence-corrected chi connectivity index (χ3v) is 5.43. The van der Waals surface area contributed by atoms with Crippen molar-refractivity contribution in [2.45, 2.75) is 25.5 Å². The molecule has 2 aromatic rings. The number of aromatic nitrogens is 2. The number of nitrogens with zero attached hydrogens (tertiary/aromatic N) is 3. The van der Waals surface area contributed by atoms with Gasteiger partial charge in [0.2, 0.25) is 5.91 Å². The highest BCUT2D eigenvalue weighted by molar-refractivity contribution is 5.95. The van der Waals surface area contributed by atoms with Gasteiger partial charge in [0.05, 0.1) is 32.3 Å². The van der Waals surface area contributed by atoms with Gasteiger partial charge in [-0.05, 0) is 35.7 Å². The molecular weight excluding hydrogens is 360 g/mol. The van der Waals surface area contributed by atoms with E-state index in [1.807, 2.05) is 18.2 Å². The Balaban J connectivity index is 1.44. The number of aliphatic hydroxyl groups is 1. The van der Waals surface area contributed by atoms with Gasteiger partial charge in [0, 0.05) is 37.1 Å². The van der Waals surface area contributed by atoms with E-state index in [1.54, 1.807) is 22.1 Å². The summed E-state index contributed by atoms with van der Waals surface area (Å²) in [5.74, 6) is -0.141. The predicted molar refractivity (Wildman–Crippen MR) is 101 cm³/mol. The Morgan fingerprint density at radius 3 is 2.93 bits per heavy atom. The van der Waals surface area contributed by atoms with Crippen molar-refractivity contribution in [2.24, 2.45) is 0 Å². The zero-order valence-corrected chi connectivity index (χ0v) is 15.6. The molecule has 2 aliphatic heterocycles. The van der Waals surface area contributed by atoms with Crippen LogP contribution in [0.1, 0.15) is 27.2 Å². The molecule has 1 unspecified atom stereocenters. The Morgan fingerprint density at radius 2 is 2.14 bits per heavy atom. The van der Waals surface area contributed by atoms with Crippen LogP contribution in [0.4, 0.5) is 0 Å². The van der Waals surface area contributed by atoms with Crippen LogP contribution in [0.5, 0.6) is 0 Å². The van der Waals surface area contributed by atoms with Crippen LogP contribution in [-0.2, 0) is 29.0 Å². The molecule has 148 valence electrons. The second kappa shape index (κ2) is 8.12. The first-order valence-corrected chi connectivity index (χ1v) is 9.53. The van der Waals surface area contributed by atoms with Crippen LogP contribution < -0.4 is 0 Å². The lowest BCUT2D eigenvalue weighted by Gasteiger charge is -2.40. The number of ether oxygens (including phenoxy) is 1. The number of amides is 2. The van der Waals surface area contributed by atoms with Crippen molar-refractivity contribution in [3.05, 3.63) is 52.8 Å². The summed E-state index contributed by atoms with van der Waals surface area (Å²) in [7, 11) is 0. The molecule has 1 fully saturated rings. The van der Waals surface area contributed by atoms with Gasteiger partial charge < -0.3 is 19.6 Å². The molecule has 2 aliphatic rings. The quantitative estimate of drug-likeness (QED) is 0.794. The highest BCUT2D eigenvalue weighted by Crippen LogP contribution is 2.21. The van der Waals surface area contributed by atoms with Crippen molar-refractivity contribution < 1.29 is 19.4 Å². The first kappa shape index (κ1) is 18.6. The summed E-state index contributed by atoms with van der Waals surface area (Å²) in [6.45, 7) is 2.25. The summed E-state index contributed by atoms with van der Waals surface area (Å²) in [5, 5.41) is 16.5. The van der Waals surface area contributed by atoms with E-state index in [-0.39, 0.29) is 24.8 Å². The number of fused-ring (bicyclic) bond motifs is 1. The molecule has 1 atom stereocenters. The number of carbonyl (C=O) groups is 2. The molecule has 0 radical (unpaired) electrons. The van der Waals surface area contributed by atoms with Crippen LogP contribution >= 0.6 is 0 Å². The van der Waals surface area contributed by atoms with Gasteiger partial charge in [0.25, 0.3) is 5.91 Å². The maximum Gasteiger partial charge on any atom is 0.254 e. The minimum Gasteiger partial charge on any atom is -0.394 e. The highest BCUT2D eigenvalue weighted by Gasteiger charge is 2.32. The fourth-order valence-corrected chi connectivity index (χ4v) is 3.83. The summed E-state index contributed by atoms with van der Waals surface area (Å²) in [4.78, 5) is 29.0. The number of hydrogen-bond donors (Lipinski definition) is 2. The number of carbonyl (C=O) groups excluding carboxylic acids is 2. The fourth-order valence-electron chi connectivity index (χ4n) is 3.83. The molecule has 28 heavy (non-hydrogen) atoms. The Bertz CT molecular complexity index is 852. The lowest BCUT2D eigenvalue weighted by molar-refractivity contribution is -0.133. The van der Waals surface area contributed by atoms with Crippen molar-refractivity contribution in [3.8, 4) is 0 Å². The van der Waals surface area contributed by atoms with Gasteiger partial charge in [-0.3, -0.25) is 14.7 Å². The molecule has 0 saturated carbocycles. The standard InChI is InChI=1S/C20H24N4O4/c25-12-18-11-23(19(26)10-17-3-5-21-22-17)6-7-24(18)20(27)15-1-2-16-13-28-8-4-14(16)9-15/h1-3,5,9,18,25H,4,6-8,10-13H2,(H,21,22). The van der Waals surface area contributed by atoms with Gasteiger partial charge >= 0.3 is 0 Å². The summed E-state index contributed by atoms with van der Waals surface area (Å²) in [6, 6.07) is 7.05. The maximum atomic E-state index is 13.1. The number of hydrogen-bond acceptors (Lipinski definition) is 5. The number of aromatic amines is 1. The lowest BCUT2D eigenvalue weighted by atomic mass is 9.99. The molecule has 0 bridgehead atoms. The summed E-state index contributed by atoms with van der Waals surface area (Å²) in [5.41, 5.74) is 3.64. The van der Waals surface area contributed by atoms with Gasteiger partial charge in [-0.15, -0.1) is 0 Å². The van der Waals surface area contributed by atoms with Crippen molar-refractivity contribution in [1.82, 2.24) is 20.0 Å². The first-order valence-electron chi connectivity index (χ1n) is 9.53. The number of nitrogens with one attached hydrogen (secondary N) is 1. The Morgan fingerprint density at radius 1 is 1.25 bits per heavy atom. The normalized spacial score (nSPS) is 19.4. The Kier molecular flexibility index (Phi) is 5.40. The van der Waals surface area contributed by atoms with E-state index >= 15 is 0 Å². The molecular formula is C20H24N4O4. The van der Waals surface area contributed by atoms with E-state index in [2.05, 4.69) is 10.2 Å². The van der Waals surface area contributed by atoms with Crippen molar-refractivity contribution in [3.63, 3.8) is 0 Å². The van der Waals surface area contributed by atoms with Crippen LogP contribution in [0.3, 0.4) is 0 Å². The molecule has 1 saturated heterocycles. The van der Waals surface area contributed by atoms with Crippen LogP contribution in [0, 0.1) is 0 Å². The second-order valence-corrected chi connectivity index (χ2v) is 7.22. The Hall–Kier alpha value is -2.71. The predicted octanol–water partition coefficient (Wildman–Crippen LogP) is 0.370. The summed E-state index contributed by atoms with van der Waals surface area (Å²) >= 11 is 0. The van der Waals surface area contributed by atoms with Gasteiger partial charge in [-0.25, -0.2) is 0 Å². The fraction of sp³-hybridized carbons (Fsp3) is 0.450. The van der Waals surface area contributed by atoms with Crippen LogP contribution in [0.2, 0.25) is 0 Å². The topological polar surface area (TPSA) is 98.8 Å². The van der Waals surface area contributed by atoms with E-state index in [4.69, 9.17) is 4.74 Å². The number of benzene rings is 1. The van der Waals surface area contributed by atoms with E-state index in [9.17, 15) is 14.7 Å². The monoisotopic (exact) mass is 384 g/mol. The van der Waals surface area contributed by atoms with Crippen molar-refractivity contribution >= 4 is 11.8 Å². The molecule has 2 amide bonds. The number of rotatable bonds is 4. The smallest absolute Gasteiger partial charge is 0.254 e. The molecule has 4 rings (SSSR count). The van der Waals surface area contributed by atoms with Gasteiger partial charge in [-0.1, -0.05) is 6.07 Å². The maximum absolute atomic E-state index is 13.1.